The summed E-state index contributed by atoms with van der Waals surface area (Å²) in [5, 5.41) is 3.82. The quantitative estimate of drug-likeness (QED) is 0.630. The largest absolute Gasteiger partial charge is 0.461 e. The highest BCUT2D eigenvalue weighted by molar-refractivity contribution is 7.10. The zero-order valence-corrected chi connectivity index (χ0v) is 15.9. The molecule has 2 fully saturated rings. The van der Waals surface area contributed by atoms with E-state index >= 15 is 0 Å². The number of hydrogen-bond acceptors (Lipinski definition) is 5. The van der Waals surface area contributed by atoms with Gasteiger partial charge in [0.05, 0.1) is 11.5 Å². The molecule has 1 aromatic carbocycles. The minimum absolute atomic E-state index is 0.209. The van der Waals surface area contributed by atoms with Crippen molar-refractivity contribution in [3.05, 3.63) is 58.3 Å². The van der Waals surface area contributed by atoms with E-state index in [9.17, 15) is 14.4 Å². The highest BCUT2D eigenvalue weighted by Crippen LogP contribution is 2.48. The summed E-state index contributed by atoms with van der Waals surface area (Å²) in [6, 6.07) is 12.8. The lowest BCUT2D eigenvalue weighted by Gasteiger charge is -2.29. The first-order valence-corrected chi connectivity index (χ1v) is 9.84. The first-order valence-electron chi connectivity index (χ1n) is 8.96. The van der Waals surface area contributed by atoms with Crippen LogP contribution in [0.2, 0.25) is 0 Å². The van der Waals surface area contributed by atoms with Crippen LogP contribution in [-0.4, -0.2) is 36.3 Å². The van der Waals surface area contributed by atoms with Crippen molar-refractivity contribution in [3.8, 4) is 0 Å². The maximum Gasteiger partial charge on any atom is 0.373 e. The smallest absolute Gasteiger partial charge is 0.373 e. The molecule has 0 unspecified atom stereocenters. The molecule has 0 saturated carbocycles. The molecule has 140 valence electrons. The fourth-order valence-electron chi connectivity index (χ4n) is 4.46. The number of rotatable bonds is 4. The van der Waals surface area contributed by atoms with E-state index in [1.165, 1.54) is 23.3 Å². The first kappa shape index (κ1) is 17.9. The van der Waals surface area contributed by atoms with Gasteiger partial charge in [0, 0.05) is 12.6 Å². The number of quaternary nitrogens is 1. The van der Waals surface area contributed by atoms with Crippen molar-refractivity contribution in [2.45, 2.75) is 18.5 Å². The molecule has 2 saturated heterocycles. The van der Waals surface area contributed by atoms with Crippen LogP contribution in [0.3, 0.4) is 0 Å². The average Bonchev–Trinajstić information content (AvgIpc) is 3.37. The van der Waals surface area contributed by atoms with Crippen molar-refractivity contribution in [1.29, 1.82) is 0 Å². The van der Waals surface area contributed by atoms with Gasteiger partial charge < -0.3 is 10.1 Å². The predicted octanol–water partition coefficient (Wildman–Crippen LogP) is 1.06. The lowest BCUT2D eigenvalue weighted by molar-refractivity contribution is -0.741. The van der Waals surface area contributed by atoms with Gasteiger partial charge >= 0.3 is 5.97 Å². The zero-order chi connectivity index (χ0) is 19.2. The fraction of sp³-hybridized carbons (Fsp3) is 0.350. The number of hydrogen-bond donors (Lipinski definition) is 1. The number of amides is 2. The molecular formula is C20H21N2O4S+. The normalized spacial score (nSPS) is 29.9. The van der Waals surface area contributed by atoms with Crippen LogP contribution in [0, 0.1) is 11.8 Å². The van der Waals surface area contributed by atoms with E-state index in [1.54, 1.807) is 6.92 Å². The van der Waals surface area contributed by atoms with Crippen LogP contribution >= 0.6 is 11.3 Å². The Morgan fingerprint density at radius 3 is 2.56 bits per heavy atom. The standard InChI is InChI=1S/C20H20N2O4S/c1-3-26-19(25)20(12-8-5-4-6-9-12)15-14(17(23)22(2)18(15)24)16(21-20)13-10-7-11-27-13/h4-11,14-16,21H,3H2,1-2H3/p+1/t14-,15+,16-,20+/m0/s1. The molecule has 4 atom stereocenters. The van der Waals surface area contributed by atoms with Gasteiger partial charge in [-0.15, -0.1) is 11.3 Å². The van der Waals surface area contributed by atoms with Gasteiger partial charge in [-0.3, -0.25) is 14.5 Å². The Labute approximate surface area is 161 Å². The molecule has 2 N–H and O–H groups in total. The highest BCUT2D eigenvalue weighted by atomic mass is 32.1. The Bertz CT molecular complexity index is 883. The second-order valence-corrected chi connectivity index (χ2v) is 7.88. The average molecular weight is 385 g/mol. The lowest BCUT2D eigenvalue weighted by Crippen LogP contribution is -2.96. The van der Waals surface area contributed by atoms with E-state index in [0.29, 0.717) is 5.56 Å². The van der Waals surface area contributed by atoms with Gasteiger partial charge in [-0.05, 0) is 18.4 Å². The van der Waals surface area contributed by atoms with E-state index in [4.69, 9.17) is 4.74 Å². The van der Waals surface area contributed by atoms with Crippen LogP contribution in [0.15, 0.2) is 47.8 Å². The van der Waals surface area contributed by atoms with E-state index in [1.807, 2.05) is 53.2 Å². The topological polar surface area (TPSA) is 80.3 Å². The number of benzene rings is 1. The van der Waals surface area contributed by atoms with Crippen molar-refractivity contribution >= 4 is 29.1 Å². The summed E-state index contributed by atoms with van der Waals surface area (Å²) in [5.74, 6) is -2.41. The summed E-state index contributed by atoms with van der Waals surface area (Å²) in [4.78, 5) is 41.4. The summed E-state index contributed by atoms with van der Waals surface area (Å²) in [6.45, 7) is 1.95. The molecule has 2 aromatic rings. The van der Waals surface area contributed by atoms with E-state index < -0.39 is 23.3 Å². The van der Waals surface area contributed by atoms with E-state index in [0.717, 1.165) is 4.88 Å². The van der Waals surface area contributed by atoms with Crippen LogP contribution in [-0.2, 0) is 24.7 Å². The minimum atomic E-state index is -1.27. The van der Waals surface area contributed by atoms with Crippen molar-refractivity contribution < 1.29 is 24.4 Å². The third kappa shape index (κ3) is 2.45. The SMILES string of the molecule is CCOC(=O)[C@]1(c2ccccc2)[NH2+][C@@H](c2cccs2)[C@H]2C(=O)N(C)C(=O)[C@@H]21. The Morgan fingerprint density at radius 1 is 1.19 bits per heavy atom. The van der Waals surface area contributed by atoms with Gasteiger partial charge in [0.15, 0.2) is 0 Å². The monoisotopic (exact) mass is 385 g/mol. The van der Waals surface area contributed by atoms with Crippen molar-refractivity contribution in [1.82, 2.24) is 4.90 Å². The number of likely N-dealkylation sites (tertiary alicyclic amines) is 1. The number of ether oxygens (including phenoxy) is 1. The van der Waals surface area contributed by atoms with Gasteiger partial charge in [-0.2, -0.15) is 0 Å². The van der Waals surface area contributed by atoms with Crippen LogP contribution in [0.25, 0.3) is 0 Å². The molecule has 0 spiro atoms. The number of fused-ring (bicyclic) bond motifs is 1. The molecule has 2 amide bonds. The Hall–Kier alpha value is -2.51. The van der Waals surface area contributed by atoms with Crippen molar-refractivity contribution in [3.63, 3.8) is 0 Å². The second-order valence-electron chi connectivity index (χ2n) is 6.90. The highest BCUT2D eigenvalue weighted by Gasteiger charge is 2.73. The molecule has 27 heavy (non-hydrogen) atoms. The number of thiophene rings is 1. The lowest BCUT2D eigenvalue weighted by atomic mass is 9.75. The number of imide groups is 1. The van der Waals surface area contributed by atoms with Crippen LogP contribution in [0.5, 0.6) is 0 Å². The van der Waals surface area contributed by atoms with Gasteiger partial charge in [0.2, 0.25) is 17.4 Å². The van der Waals surface area contributed by atoms with Gasteiger partial charge in [-0.25, -0.2) is 4.79 Å². The minimum Gasteiger partial charge on any atom is -0.461 e. The van der Waals surface area contributed by atoms with Crippen molar-refractivity contribution in [2.75, 3.05) is 13.7 Å². The van der Waals surface area contributed by atoms with Crippen LogP contribution < -0.4 is 5.32 Å². The number of carbonyl (C=O) groups is 3. The summed E-state index contributed by atoms with van der Waals surface area (Å²) in [6.07, 6.45) is 0. The van der Waals surface area contributed by atoms with E-state index in [2.05, 4.69) is 0 Å². The summed E-state index contributed by atoms with van der Waals surface area (Å²) < 4.78 is 5.43. The Morgan fingerprint density at radius 2 is 1.93 bits per heavy atom. The maximum atomic E-state index is 13.3. The molecule has 1 aromatic heterocycles. The molecule has 3 heterocycles. The third-order valence-electron chi connectivity index (χ3n) is 5.63. The van der Waals surface area contributed by atoms with Gasteiger partial charge in [0.1, 0.15) is 17.9 Å². The van der Waals surface area contributed by atoms with E-state index in [-0.39, 0.29) is 24.5 Å². The molecule has 0 radical (unpaired) electrons. The number of nitrogens with zero attached hydrogens (tertiary/aromatic N) is 1. The van der Waals surface area contributed by atoms with Gasteiger partial charge in [-0.1, -0.05) is 36.4 Å². The molecule has 2 aliphatic rings. The second kappa shape index (κ2) is 6.58. The summed E-state index contributed by atoms with van der Waals surface area (Å²) in [7, 11) is 1.50. The molecule has 0 aliphatic carbocycles. The van der Waals surface area contributed by atoms with Gasteiger partial charge in [0.25, 0.3) is 0 Å². The first-order chi connectivity index (χ1) is 13.0. The summed E-state index contributed by atoms with van der Waals surface area (Å²) in [5.41, 5.74) is -0.581. The third-order valence-corrected chi connectivity index (χ3v) is 6.60. The van der Waals surface area contributed by atoms with Crippen LogP contribution in [0.4, 0.5) is 0 Å². The molecular weight excluding hydrogens is 364 g/mol. The number of nitrogens with two attached hydrogens (primary N) is 1. The molecule has 4 rings (SSSR count). The summed E-state index contributed by atoms with van der Waals surface area (Å²) >= 11 is 1.53. The van der Waals surface area contributed by atoms with Crippen LogP contribution in [0.1, 0.15) is 23.4 Å². The molecule has 7 heteroatoms. The Kier molecular flexibility index (Phi) is 4.36. The number of carbonyl (C=O) groups excluding carboxylic acids is 3. The number of esters is 1. The maximum absolute atomic E-state index is 13.3. The predicted molar refractivity (Wildman–Crippen MR) is 98.5 cm³/mol. The Balaban J connectivity index is 1.93. The fourth-order valence-corrected chi connectivity index (χ4v) is 5.30. The van der Waals surface area contributed by atoms with Crippen molar-refractivity contribution in [2.24, 2.45) is 11.8 Å². The molecule has 2 aliphatic heterocycles. The zero-order valence-electron chi connectivity index (χ0n) is 15.1. The molecule has 0 bridgehead atoms. The molecule has 6 nitrogen and oxygen atoms in total.